The van der Waals surface area contributed by atoms with E-state index in [0.717, 1.165) is 22.3 Å². The number of amides is 1. The molecule has 2 rings (SSSR count). The number of pyridine rings is 1. The third-order valence-corrected chi connectivity index (χ3v) is 3.83. The number of para-hydroxylation sites is 1. The topological polar surface area (TPSA) is 54.0 Å². The smallest absolute Gasteiger partial charge is 0.270 e. The average molecular weight is 348 g/mol. The third-order valence-electron chi connectivity index (χ3n) is 3.14. The Morgan fingerprint density at radius 1 is 1.29 bits per heavy atom. The number of hydrogen-bond donors (Lipinski definition) is 2. The molecule has 0 radical (unpaired) electrons. The fourth-order valence-electron chi connectivity index (χ4n) is 1.72. The summed E-state index contributed by atoms with van der Waals surface area (Å²) in [5.74, 6) is -0.142. The number of anilines is 2. The molecule has 0 saturated carbocycles. The fourth-order valence-corrected chi connectivity index (χ4v) is 2.10. The van der Waals surface area contributed by atoms with Crippen molar-refractivity contribution >= 4 is 33.2 Å². The molecule has 5 heteroatoms. The van der Waals surface area contributed by atoms with Gasteiger partial charge in [-0.3, -0.25) is 4.79 Å². The molecule has 4 nitrogen and oxygen atoms in total. The van der Waals surface area contributed by atoms with Crippen LogP contribution < -0.4 is 10.6 Å². The Balaban J connectivity index is 2.05. The Morgan fingerprint density at radius 2 is 2.05 bits per heavy atom. The lowest BCUT2D eigenvalue weighted by molar-refractivity contribution is 0.0934. The highest BCUT2D eigenvalue weighted by Crippen LogP contribution is 2.24. The number of carbonyl (C=O) groups is 1. The van der Waals surface area contributed by atoms with Gasteiger partial charge in [0.2, 0.25) is 0 Å². The second-order valence-electron chi connectivity index (χ2n) is 4.82. The molecule has 0 aliphatic carbocycles. The molecule has 1 heterocycles. The zero-order valence-electron chi connectivity index (χ0n) is 12.1. The maximum atomic E-state index is 11.9. The lowest BCUT2D eigenvalue weighted by Crippen LogP contribution is -2.32. The van der Waals surface area contributed by atoms with E-state index in [1.807, 2.05) is 44.2 Å². The van der Waals surface area contributed by atoms with Crippen molar-refractivity contribution in [1.29, 1.82) is 0 Å². The summed E-state index contributed by atoms with van der Waals surface area (Å²) in [6.45, 7) is 4.00. The van der Waals surface area contributed by atoms with Crippen LogP contribution in [0.2, 0.25) is 0 Å². The Labute approximate surface area is 133 Å². The molecule has 1 atom stereocenters. The first kappa shape index (κ1) is 15.5. The van der Waals surface area contributed by atoms with Crippen LogP contribution in [0.15, 0.2) is 47.1 Å². The molecular formula is C16H18BrN3O. The largest absolute Gasteiger partial charge is 0.353 e. The van der Waals surface area contributed by atoms with Crippen LogP contribution in [0, 0.1) is 0 Å². The zero-order valence-corrected chi connectivity index (χ0v) is 13.6. The van der Waals surface area contributed by atoms with Crippen molar-refractivity contribution in [2.75, 3.05) is 5.32 Å². The van der Waals surface area contributed by atoms with Crippen LogP contribution >= 0.6 is 15.9 Å². The Bertz CT molecular complexity index is 613. The SMILES string of the molecule is CCC(C)NC(=O)c1ccc(Nc2ccccc2Br)cn1. The Kier molecular flexibility index (Phi) is 5.33. The van der Waals surface area contributed by atoms with E-state index in [9.17, 15) is 4.79 Å². The van der Waals surface area contributed by atoms with E-state index >= 15 is 0 Å². The minimum atomic E-state index is -0.142. The van der Waals surface area contributed by atoms with Crippen LogP contribution in [0.5, 0.6) is 0 Å². The van der Waals surface area contributed by atoms with Gasteiger partial charge in [-0.15, -0.1) is 0 Å². The summed E-state index contributed by atoms with van der Waals surface area (Å²) in [4.78, 5) is 16.1. The van der Waals surface area contributed by atoms with Gasteiger partial charge in [-0.05, 0) is 53.5 Å². The summed E-state index contributed by atoms with van der Waals surface area (Å²) < 4.78 is 0.976. The second-order valence-corrected chi connectivity index (χ2v) is 5.67. The highest BCUT2D eigenvalue weighted by molar-refractivity contribution is 9.10. The first-order valence-corrected chi connectivity index (χ1v) is 7.68. The van der Waals surface area contributed by atoms with Crippen molar-refractivity contribution in [2.45, 2.75) is 26.3 Å². The predicted molar refractivity (Wildman–Crippen MR) is 88.9 cm³/mol. The van der Waals surface area contributed by atoms with Crippen molar-refractivity contribution in [1.82, 2.24) is 10.3 Å². The second kappa shape index (κ2) is 7.22. The monoisotopic (exact) mass is 347 g/mol. The molecule has 1 unspecified atom stereocenters. The van der Waals surface area contributed by atoms with E-state index in [2.05, 4.69) is 31.5 Å². The van der Waals surface area contributed by atoms with Gasteiger partial charge >= 0.3 is 0 Å². The van der Waals surface area contributed by atoms with E-state index in [1.54, 1.807) is 12.3 Å². The summed E-state index contributed by atoms with van der Waals surface area (Å²) in [6.07, 6.45) is 2.55. The van der Waals surface area contributed by atoms with Crippen LogP contribution in [0.25, 0.3) is 0 Å². The number of halogens is 1. The van der Waals surface area contributed by atoms with Crippen molar-refractivity contribution in [3.05, 3.63) is 52.8 Å². The molecule has 0 bridgehead atoms. The summed E-state index contributed by atoms with van der Waals surface area (Å²) in [7, 11) is 0. The maximum absolute atomic E-state index is 11.9. The van der Waals surface area contributed by atoms with Gasteiger partial charge in [0.05, 0.1) is 17.6 Å². The number of aromatic nitrogens is 1. The van der Waals surface area contributed by atoms with Crippen LogP contribution in [0.1, 0.15) is 30.8 Å². The van der Waals surface area contributed by atoms with Crippen LogP contribution in [-0.4, -0.2) is 16.9 Å². The molecule has 0 fully saturated rings. The molecule has 2 N–H and O–H groups in total. The van der Waals surface area contributed by atoms with E-state index in [-0.39, 0.29) is 11.9 Å². The minimum absolute atomic E-state index is 0.142. The van der Waals surface area contributed by atoms with Gasteiger partial charge in [-0.25, -0.2) is 4.98 Å². The molecular weight excluding hydrogens is 330 g/mol. The van der Waals surface area contributed by atoms with E-state index in [1.165, 1.54) is 0 Å². The third kappa shape index (κ3) is 4.29. The first-order chi connectivity index (χ1) is 10.1. The molecule has 2 aromatic rings. The lowest BCUT2D eigenvalue weighted by atomic mass is 10.2. The molecule has 1 amide bonds. The fraction of sp³-hybridized carbons (Fsp3) is 0.250. The standard InChI is InChI=1S/C16H18BrN3O/c1-3-11(2)19-16(21)15-9-8-12(10-18-15)20-14-7-5-4-6-13(14)17/h4-11,20H,3H2,1-2H3,(H,19,21). The maximum Gasteiger partial charge on any atom is 0.270 e. The van der Waals surface area contributed by atoms with Crippen LogP contribution in [0.3, 0.4) is 0 Å². The van der Waals surface area contributed by atoms with Crippen LogP contribution in [-0.2, 0) is 0 Å². The highest BCUT2D eigenvalue weighted by atomic mass is 79.9. The number of benzene rings is 1. The number of nitrogens with zero attached hydrogens (tertiary/aromatic N) is 1. The van der Waals surface area contributed by atoms with Gasteiger partial charge < -0.3 is 10.6 Å². The quantitative estimate of drug-likeness (QED) is 0.855. The summed E-state index contributed by atoms with van der Waals surface area (Å²) in [6, 6.07) is 11.5. The first-order valence-electron chi connectivity index (χ1n) is 6.88. The molecule has 1 aromatic carbocycles. The van der Waals surface area contributed by atoms with E-state index in [0.29, 0.717) is 5.69 Å². The number of rotatable bonds is 5. The molecule has 0 aliphatic rings. The van der Waals surface area contributed by atoms with Gasteiger partial charge in [-0.2, -0.15) is 0 Å². The molecule has 0 spiro atoms. The van der Waals surface area contributed by atoms with Gasteiger partial charge in [-0.1, -0.05) is 19.1 Å². The van der Waals surface area contributed by atoms with Gasteiger partial charge in [0.25, 0.3) is 5.91 Å². The number of hydrogen-bond acceptors (Lipinski definition) is 3. The predicted octanol–water partition coefficient (Wildman–Crippen LogP) is 4.12. The van der Waals surface area contributed by atoms with Gasteiger partial charge in [0.1, 0.15) is 5.69 Å². The minimum Gasteiger partial charge on any atom is -0.353 e. The number of carbonyl (C=O) groups excluding carboxylic acids is 1. The van der Waals surface area contributed by atoms with Crippen molar-refractivity contribution in [3.63, 3.8) is 0 Å². The van der Waals surface area contributed by atoms with Gasteiger partial charge in [0, 0.05) is 10.5 Å². The summed E-state index contributed by atoms with van der Waals surface area (Å²) >= 11 is 3.48. The summed E-state index contributed by atoms with van der Waals surface area (Å²) in [5, 5.41) is 6.14. The van der Waals surface area contributed by atoms with Gasteiger partial charge in [0.15, 0.2) is 0 Å². The Hall–Kier alpha value is -1.88. The molecule has 110 valence electrons. The highest BCUT2D eigenvalue weighted by Gasteiger charge is 2.09. The van der Waals surface area contributed by atoms with Crippen molar-refractivity contribution < 1.29 is 4.79 Å². The molecule has 0 saturated heterocycles. The van der Waals surface area contributed by atoms with E-state index < -0.39 is 0 Å². The van der Waals surface area contributed by atoms with Crippen LogP contribution in [0.4, 0.5) is 11.4 Å². The average Bonchev–Trinajstić information content (AvgIpc) is 2.50. The summed E-state index contributed by atoms with van der Waals surface area (Å²) in [5.41, 5.74) is 2.21. The normalized spacial score (nSPS) is 11.8. The zero-order chi connectivity index (χ0) is 15.2. The van der Waals surface area contributed by atoms with E-state index in [4.69, 9.17) is 0 Å². The van der Waals surface area contributed by atoms with Crippen molar-refractivity contribution in [3.8, 4) is 0 Å². The Morgan fingerprint density at radius 3 is 2.67 bits per heavy atom. The molecule has 0 aliphatic heterocycles. The lowest BCUT2D eigenvalue weighted by Gasteiger charge is -2.11. The van der Waals surface area contributed by atoms with Crippen molar-refractivity contribution in [2.24, 2.45) is 0 Å². The molecule has 21 heavy (non-hydrogen) atoms. The molecule has 1 aromatic heterocycles. The number of nitrogens with one attached hydrogen (secondary N) is 2.